The second-order valence-electron chi connectivity index (χ2n) is 5.56. The topological polar surface area (TPSA) is 64.5 Å². The molecule has 3 aromatic rings. The van der Waals surface area contributed by atoms with Crippen molar-refractivity contribution >= 4 is 11.6 Å². The van der Waals surface area contributed by atoms with Gasteiger partial charge in [0.1, 0.15) is 6.33 Å². The maximum Gasteiger partial charge on any atom is 0.155 e. The molecular weight excluding hydrogens is 322 g/mol. The first-order valence-electron chi connectivity index (χ1n) is 7.51. The number of nitrogens with zero attached hydrogens (tertiary/aromatic N) is 5. The molecule has 1 saturated carbocycles. The Kier molecular flexibility index (Phi) is 3.89. The highest BCUT2D eigenvalue weighted by Gasteiger charge is 2.39. The monoisotopic (exact) mass is 333 g/mol. The number of hydrogen-bond donors (Lipinski definition) is 0. The van der Waals surface area contributed by atoms with Gasteiger partial charge in [-0.2, -0.15) is 0 Å². The Morgan fingerprint density at radius 3 is 2.62 bits per heavy atom. The molecule has 0 saturated heterocycles. The standard InChI is InChI=1S/C18H12ClN5/c19-18-16(8-17(23-24-18)14-9-21-11-22-10-14)15-7-13(15)2-1-12-3-5-20-6-4-12/h3-6,8-11,13,15H,7H2/t13-,15-/m0/s1. The van der Waals surface area contributed by atoms with Gasteiger partial charge in [0.15, 0.2) is 5.15 Å². The largest absolute Gasteiger partial charge is 0.265 e. The van der Waals surface area contributed by atoms with E-state index < -0.39 is 0 Å². The van der Waals surface area contributed by atoms with E-state index in [9.17, 15) is 0 Å². The highest BCUT2D eigenvalue weighted by molar-refractivity contribution is 6.30. The Hall–Kier alpha value is -2.84. The van der Waals surface area contributed by atoms with Crippen LogP contribution >= 0.6 is 11.6 Å². The van der Waals surface area contributed by atoms with Crippen LogP contribution in [0, 0.1) is 17.8 Å². The SMILES string of the molecule is Clc1nnc(-c2cncnc2)cc1[C@H]1C[C@@H]1C#Cc1ccncc1. The number of aromatic nitrogens is 5. The van der Waals surface area contributed by atoms with Crippen LogP contribution in [0.3, 0.4) is 0 Å². The van der Waals surface area contributed by atoms with Gasteiger partial charge < -0.3 is 0 Å². The molecule has 0 aromatic carbocycles. The molecule has 0 spiro atoms. The molecule has 116 valence electrons. The molecular formula is C18H12ClN5. The van der Waals surface area contributed by atoms with Crippen molar-refractivity contribution < 1.29 is 0 Å². The van der Waals surface area contributed by atoms with E-state index in [2.05, 4.69) is 37.0 Å². The van der Waals surface area contributed by atoms with Gasteiger partial charge in [-0.25, -0.2) is 9.97 Å². The van der Waals surface area contributed by atoms with Crippen LogP contribution in [0.4, 0.5) is 0 Å². The normalized spacial score (nSPS) is 18.5. The molecule has 0 bridgehead atoms. The molecule has 0 amide bonds. The van der Waals surface area contributed by atoms with Crippen molar-refractivity contribution in [2.45, 2.75) is 12.3 Å². The number of rotatable bonds is 2. The van der Waals surface area contributed by atoms with Crippen LogP contribution in [-0.2, 0) is 0 Å². The Labute approximate surface area is 144 Å². The summed E-state index contributed by atoms with van der Waals surface area (Å²) in [6.07, 6.45) is 9.37. The summed E-state index contributed by atoms with van der Waals surface area (Å²) < 4.78 is 0. The number of halogens is 1. The summed E-state index contributed by atoms with van der Waals surface area (Å²) in [5.41, 5.74) is 3.50. The fourth-order valence-corrected chi connectivity index (χ4v) is 2.77. The van der Waals surface area contributed by atoms with Crippen LogP contribution in [0.2, 0.25) is 5.15 Å². The maximum atomic E-state index is 6.24. The summed E-state index contributed by atoms with van der Waals surface area (Å²) in [4.78, 5) is 12.0. The van der Waals surface area contributed by atoms with Gasteiger partial charge in [-0.15, -0.1) is 10.2 Å². The van der Waals surface area contributed by atoms with Gasteiger partial charge in [0.25, 0.3) is 0 Å². The van der Waals surface area contributed by atoms with Crippen LogP contribution < -0.4 is 0 Å². The lowest BCUT2D eigenvalue weighted by molar-refractivity contribution is 0.960. The minimum atomic E-state index is 0.291. The van der Waals surface area contributed by atoms with E-state index in [0.29, 0.717) is 17.0 Å². The lowest BCUT2D eigenvalue weighted by atomic mass is 10.1. The maximum absolute atomic E-state index is 6.24. The van der Waals surface area contributed by atoms with Gasteiger partial charge in [0.05, 0.1) is 5.69 Å². The fraction of sp³-hybridized carbons (Fsp3) is 0.167. The van der Waals surface area contributed by atoms with Crippen molar-refractivity contribution in [3.05, 3.63) is 65.6 Å². The third kappa shape index (κ3) is 3.10. The van der Waals surface area contributed by atoms with E-state index in [1.165, 1.54) is 6.33 Å². The third-order valence-corrected chi connectivity index (χ3v) is 4.20. The predicted molar refractivity (Wildman–Crippen MR) is 90.0 cm³/mol. The van der Waals surface area contributed by atoms with Gasteiger partial charge in [-0.3, -0.25) is 4.98 Å². The molecule has 0 unspecified atom stereocenters. The number of pyridine rings is 1. The van der Waals surface area contributed by atoms with E-state index in [1.54, 1.807) is 24.8 Å². The molecule has 0 N–H and O–H groups in total. The first-order chi connectivity index (χ1) is 11.8. The van der Waals surface area contributed by atoms with E-state index in [1.807, 2.05) is 18.2 Å². The van der Waals surface area contributed by atoms with Gasteiger partial charge in [0.2, 0.25) is 0 Å². The van der Waals surface area contributed by atoms with Gasteiger partial charge in [-0.1, -0.05) is 23.4 Å². The summed E-state index contributed by atoms with van der Waals surface area (Å²) in [6.45, 7) is 0. The zero-order valence-corrected chi connectivity index (χ0v) is 13.4. The average Bonchev–Trinajstić information content (AvgIpc) is 3.41. The average molecular weight is 334 g/mol. The zero-order chi connectivity index (χ0) is 16.4. The molecule has 1 aliphatic carbocycles. The molecule has 2 atom stereocenters. The Morgan fingerprint density at radius 1 is 1.04 bits per heavy atom. The molecule has 5 nitrogen and oxygen atoms in total. The molecule has 3 heterocycles. The number of hydrogen-bond acceptors (Lipinski definition) is 5. The lowest BCUT2D eigenvalue weighted by Gasteiger charge is -2.04. The van der Waals surface area contributed by atoms with E-state index in [-0.39, 0.29) is 0 Å². The van der Waals surface area contributed by atoms with Gasteiger partial charge in [0, 0.05) is 47.8 Å². The van der Waals surface area contributed by atoms with Gasteiger partial charge >= 0.3 is 0 Å². The van der Waals surface area contributed by atoms with E-state index in [4.69, 9.17) is 11.6 Å². The van der Waals surface area contributed by atoms with Crippen molar-refractivity contribution in [1.82, 2.24) is 25.1 Å². The van der Waals surface area contributed by atoms with Crippen molar-refractivity contribution in [2.75, 3.05) is 0 Å². The highest BCUT2D eigenvalue weighted by atomic mass is 35.5. The first-order valence-corrected chi connectivity index (χ1v) is 7.89. The third-order valence-electron chi connectivity index (χ3n) is 3.90. The lowest BCUT2D eigenvalue weighted by Crippen LogP contribution is -1.95. The Bertz CT molecular complexity index is 918. The summed E-state index contributed by atoms with van der Waals surface area (Å²) >= 11 is 6.24. The fourth-order valence-electron chi connectivity index (χ4n) is 2.53. The first kappa shape index (κ1) is 14.7. The minimum absolute atomic E-state index is 0.291. The Balaban J connectivity index is 1.57. The molecule has 4 rings (SSSR count). The molecule has 1 aliphatic rings. The van der Waals surface area contributed by atoms with Crippen LogP contribution in [0.1, 0.15) is 23.5 Å². The van der Waals surface area contributed by atoms with Crippen molar-refractivity contribution in [3.8, 4) is 23.1 Å². The zero-order valence-electron chi connectivity index (χ0n) is 12.6. The second kappa shape index (κ2) is 6.34. The summed E-state index contributed by atoms with van der Waals surface area (Å²) in [6, 6.07) is 5.77. The van der Waals surface area contributed by atoms with Crippen molar-refractivity contribution in [1.29, 1.82) is 0 Å². The van der Waals surface area contributed by atoms with Crippen molar-refractivity contribution in [2.24, 2.45) is 5.92 Å². The molecule has 0 aliphatic heterocycles. The van der Waals surface area contributed by atoms with E-state index >= 15 is 0 Å². The van der Waals surface area contributed by atoms with Crippen LogP contribution in [0.25, 0.3) is 11.3 Å². The predicted octanol–water partition coefficient (Wildman–Crippen LogP) is 3.14. The minimum Gasteiger partial charge on any atom is -0.265 e. The molecule has 0 radical (unpaired) electrons. The van der Waals surface area contributed by atoms with Gasteiger partial charge in [-0.05, 0) is 30.2 Å². The highest BCUT2D eigenvalue weighted by Crippen LogP contribution is 2.49. The summed E-state index contributed by atoms with van der Waals surface area (Å²) in [5.74, 6) is 7.07. The summed E-state index contributed by atoms with van der Waals surface area (Å²) in [5, 5.41) is 8.64. The smallest absolute Gasteiger partial charge is 0.155 e. The molecule has 6 heteroatoms. The van der Waals surface area contributed by atoms with Crippen molar-refractivity contribution in [3.63, 3.8) is 0 Å². The second-order valence-corrected chi connectivity index (χ2v) is 5.91. The van der Waals surface area contributed by atoms with Crippen LogP contribution in [0.15, 0.2) is 49.3 Å². The van der Waals surface area contributed by atoms with Crippen LogP contribution in [0.5, 0.6) is 0 Å². The van der Waals surface area contributed by atoms with E-state index in [0.717, 1.165) is 28.8 Å². The quantitative estimate of drug-likeness (QED) is 0.674. The molecule has 3 aromatic heterocycles. The van der Waals surface area contributed by atoms with Crippen LogP contribution in [-0.4, -0.2) is 25.1 Å². The molecule has 24 heavy (non-hydrogen) atoms. The molecule has 1 fully saturated rings. The summed E-state index contributed by atoms with van der Waals surface area (Å²) in [7, 11) is 0. The Morgan fingerprint density at radius 2 is 1.83 bits per heavy atom.